The largest absolute Gasteiger partial charge is 0.338 e. The van der Waals surface area contributed by atoms with Gasteiger partial charge in [0.05, 0.1) is 6.04 Å². The van der Waals surface area contributed by atoms with Crippen LogP contribution in [0.4, 0.5) is 0 Å². The Labute approximate surface area is 66.5 Å². The summed E-state index contributed by atoms with van der Waals surface area (Å²) in [5, 5.41) is 0. The third-order valence-corrected chi connectivity index (χ3v) is 2.80. The first-order chi connectivity index (χ1) is 5.29. The maximum Gasteiger partial charge on any atom is 0.239 e. The topological polar surface area (TPSA) is 46.3 Å². The lowest BCUT2D eigenvalue weighted by Gasteiger charge is -2.34. The van der Waals surface area contributed by atoms with Gasteiger partial charge in [-0.2, -0.15) is 0 Å². The molecule has 2 aliphatic rings. The van der Waals surface area contributed by atoms with Crippen LogP contribution in [0.15, 0.2) is 0 Å². The number of rotatable bonds is 1. The van der Waals surface area contributed by atoms with Crippen molar-refractivity contribution >= 4 is 5.91 Å². The Kier molecular flexibility index (Phi) is 1.60. The number of hydrogen-bond donors (Lipinski definition) is 1. The van der Waals surface area contributed by atoms with Crippen molar-refractivity contribution < 1.29 is 4.79 Å². The fourth-order valence-corrected chi connectivity index (χ4v) is 1.79. The smallest absolute Gasteiger partial charge is 0.239 e. The zero-order chi connectivity index (χ0) is 7.84. The average molecular weight is 154 g/mol. The van der Waals surface area contributed by atoms with Gasteiger partial charge in [-0.05, 0) is 25.7 Å². The average Bonchev–Trinajstić information content (AvgIpc) is 2.15. The summed E-state index contributed by atoms with van der Waals surface area (Å²) in [6.45, 7) is 0.894. The van der Waals surface area contributed by atoms with Gasteiger partial charge in [-0.3, -0.25) is 4.79 Å². The number of amides is 1. The fraction of sp³-hybridized carbons (Fsp3) is 0.875. The Morgan fingerprint density at radius 3 is 2.45 bits per heavy atom. The quantitative estimate of drug-likeness (QED) is 0.582. The molecule has 0 bridgehead atoms. The van der Waals surface area contributed by atoms with E-state index < -0.39 is 0 Å². The molecule has 0 aromatic carbocycles. The van der Waals surface area contributed by atoms with Gasteiger partial charge in [-0.15, -0.1) is 0 Å². The number of hydrogen-bond acceptors (Lipinski definition) is 2. The Bertz CT molecular complexity index is 177. The number of nitrogens with two attached hydrogens (primary N) is 1. The van der Waals surface area contributed by atoms with Crippen molar-refractivity contribution in [3.63, 3.8) is 0 Å². The van der Waals surface area contributed by atoms with E-state index >= 15 is 0 Å². The second kappa shape index (κ2) is 2.48. The molecule has 2 N–H and O–H groups in total. The molecule has 11 heavy (non-hydrogen) atoms. The number of carbonyl (C=O) groups excluding carboxylic acids is 1. The third-order valence-electron chi connectivity index (χ3n) is 2.80. The van der Waals surface area contributed by atoms with Crippen molar-refractivity contribution in [3.8, 4) is 0 Å². The molecular formula is C8H14N2O. The first-order valence-corrected chi connectivity index (χ1v) is 4.35. The zero-order valence-corrected chi connectivity index (χ0v) is 6.62. The van der Waals surface area contributed by atoms with E-state index in [0.29, 0.717) is 6.04 Å². The number of likely N-dealkylation sites (tertiary alicyclic amines) is 1. The molecule has 2 rings (SSSR count). The SMILES string of the molecule is NC1CCN(C2CCC2)C1=O. The number of nitrogens with zero attached hydrogens (tertiary/aromatic N) is 1. The molecule has 1 saturated heterocycles. The first kappa shape index (κ1) is 7.10. The molecule has 0 spiro atoms. The molecule has 1 heterocycles. The molecule has 3 heteroatoms. The second-order valence-electron chi connectivity index (χ2n) is 3.51. The van der Waals surface area contributed by atoms with Crippen LogP contribution in [0.5, 0.6) is 0 Å². The van der Waals surface area contributed by atoms with E-state index in [2.05, 4.69) is 0 Å². The van der Waals surface area contributed by atoms with Crippen LogP contribution in [-0.4, -0.2) is 29.4 Å². The molecule has 3 nitrogen and oxygen atoms in total. The minimum Gasteiger partial charge on any atom is -0.338 e. The van der Waals surface area contributed by atoms with Crippen LogP contribution < -0.4 is 5.73 Å². The van der Waals surface area contributed by atoms with E-state index in [9.17, 15) is 4.79 Å². The lowest BCUT2D eigenvalue weighted by atomic mass is 9.92. The monoisotopic (exact) mass is 154 g/mol. The van der Waals surface area contributed by atoms with Crippen molar-refractivity contribution in [2.24, 2.45) is 5.73 Å². The van der Waals surface area contributed by atoms with Crippen molar-refractivity contribution in [1.29, 1.82) is 0 Å². The summed E-state index contributed by atoms with van der Waals surface area (Å²) in [6, 6.07) is 0.339. The van der Waals surface area contributed by atoms with Crippen LogP contribution in [0.25, 0.3) is 0 Å². The molecule has 1 amide bonds. The lowest BCUT2D eigenvalue weighted by molar-refractivity contribution is -0.132. The second-order valence-corrected chi connectivity index (χ2v) is 3.51. The van der Waals surface area contributed by atoms with Gasteiger partial charge in [-0.1, -0.05) is 0 Å². The molecular weight excluding hydrogens is 140 g/mol. The van der Waals surface area contributed by atoms with Crippen LogP contribution in [0.3, 0.4) is 0 Å². The summed E-state index contributed by atoms with van der Waals surface area (Å²) < 4.78 is 0. The van der Waals surface area contributed by atoms with Crippen molar-refractivity contribution in [2.45, 2.75) is 37.8 Å². The van der Waals surface area contributed by atoms with Crippen LogP contribution in [0.2, 0.25) is 0 Å². The van der Waals surface area contributed by atoms with Gasteiger partial charge in [0.2, 0.25) is 5.91 Å². The molecule has 0 aromatic heterocycles. The highest BCUT2D eigenvalue weighted by molar-refractivity contribution is 5.84. The highest BCUT2D eigenvalue weighted by atomic mass is 16.2. The molecule has 0 radical (unpaired) electrons. The van der Waals surface area contributed by atoms with E-state index in [0.717, 1.165) is 13.0 Å². The predicted octanol–water partition coefficient (Wildman–Crippen LogP) is 0.0985. The molecule has 2 fully saturated rings. The lowest BCUT2D eigenvalue weighted by Crippen LogP contribution is -2.44. The zero-order valence-electron chi connectivity index (χ0n) is 6.62. The summed E-state index contributed by atoms with van der Waals surface area (Å²) in [5.41, 5.74) is 5.59. The molecule has 1 saturated carbocycles. The van der Waals surface area contributed by atoms with Crippen LogP contribution in [0, 0.1) is 0 Å². The first-order valence-electron chi connectivity index (χ1n) is 4.35. The summed E-state index contributed by atoms with van der Waals surface area (Å²) in [5.74, 6) is 0.176. The summed E-state index contributed by atoms with van der Waals surface area (Å²) in [4.78, 5) is 13.3. The maximum atomic E-state index is 11.3. The molecule has 1 atom stereocenters. The highest BCUT2D eigenvalue weighted by Gasteiger charge is 2.35. The molecule has 1 aliphatic carbocycles. The van der Waals surface area contributed by atoms with Crippen molar-refractivity contribution in [3.05, 3.63) is 0 Å². The third kappa shape index (κ3) is 1.03. The standard InChI is InChI=1S/C8H14N2O/c9-7-4-5-10(8(7)11)6-2-1-3-6/h6-7H,1-5,9H2. The van der Waals surface area contributed by atoms with Crippen molar-refractivity contribution in [1.82, 2.24) is 4.90 Å². The molecule has 1 aliphatic heterocycles. The molecule has 62 valence electrons. The van der Waals surface area contributed by atoms with E-state index in [-0.39, 0.29) is 11.9 Å². The van der Waals surface area contributed by atoms with E-state index in [1.54, 1.807) is 0 Å². The van der Waals surface area contributed by atoms with Gasteiger partial charge in [0, 0.05) is 12.6 Å². The van der Waals surface area contributed by atoms with E-state index in [4.69, 9.17) is 5.73 Å². The Morgan fingerprint density at radius 1 is 1.36 bits per heavy atom. The van der Waals surface area contributed by atoms with E-state index in [1.807, 2.05) is 4.90 Å². The normalized spacial score (nSPS) is 32.6. The Hall–Kier alpha value is -0.570. The summed E-state index contributed by atoms with van der Waals surface area (Å²) in [6.07, 6.45) is 4.52. The maximum absolute atomic E-state index is 11.3. The Morgan fingerprint density at radius 2 is 2.09 bits per heavy atom. The van der Waals surface area contributed by atoms with Crippen LogP contribution in [0.1, 0.15) is 25.7 Å². The van der Waals surface area contributed by atoms with Crippen LogP contribution in [-0.2, 0) is 4.79 Å². The fourth-order valence-electron chi connectivity index (χ4n) is 1.79. The predicted molar refractivity (Wildman–Crippen MR) is 41.9 cm³/mol. The van der Waals surface area contributed by atoms with Gasteiger partial charge >= 0.3 is 0 Å². The van der Waals surface area contributed by atoms with E-state index in [1.165, 1.54) is 19.3 Å². The van der Waals surface area contributed by atoms with Gasteiger partial charge in [-0.25, -0.2) is 0 Å². The van der Waals surface area contributed by atoms with Gasteiger partial charge in [0.1, 0.15) is 0 Å². The minimum absolute atomic E-state index is 0.176. The van der Waals surface area contributed by atoms with Crippen molar-refractivity contribution in [2.75, 3.05) is 6.54 Å². The molecule has 0 aromatic rings. The number of carbonyl (C=O) groups is 1. The summed E-state index contributed by atoms with van der Waals surface area (Å²) >= 11 is 0. The van der Waals surface area contributed by atoms with Gasteiger partial charge in [0.15, 0.2) is 0 Å². The van der Waals surface area contributed by atoms with Gasteiger partial charge < -0.3 is 10.6 Å². The van der Waals surface area contributed by atoms with Gasteiger partial charge in [0.25, 0.3) is 0 Å². The minimum atomic E-state index is -0.199. The van der Waals surface area contributed by atoms with Crippen LogP contribution >= 0.6 is 0 Å². The Balaban J connectivity index is 1.98. The highest BCUT2D eigenvalue weighted by Crippen LogP contribution is 2.27. The summed E-state index contributed by atoms with van der Waals surface area (Å²) in [7, 11) is 0. The molecule has 1 unspecified atom stereocenters.